The number of nitrogens with one attached hydrogen (secondary N) is 1. The zero-order valence-corrected chi connectivity index (χ0v) is 12.8. The van der Waals surface area contributed by atoms with Gasteiger partial charge in [0, 0.05) is 4.88 Å². The van der Waals surface area contributed by atoms with Crippen molar-refractivity contribution < 1.29 is 14.3 Å². The number of hydrogen-bond donors (Lipinski definition) is 1. The van der Waals surface area contributed by atoms with Crippen molar-refractivity contribution >= 4 is 23.2 Å². The van der Waals surface area contributed by atoms with Gasteiger partial charge < -0.3 is 10.1 Å². The largest absolute Gasteiger partial charge is 0.465 e. The Kier molecular flexibility index (Phi) is 5.17. The van der Waals surface area contributed by atoms with E-state index in [-0.39, 0.29) is 12.5 Å². The summed E-state index contributed by atoms with van der Waals surface area (Å²) in [5, 5.41) is 2.61. The van der Waals surface area contributed by atoms with Crippen molar-refractivity contribution in [3.63, 3.8) is 0 Å². The molecule has 0 spiro atoms. The van der Waals surface area contributed by atoms with Crippen LogP contribution in [0, 0.1) is 5.92 Å². The van der Waals surface area contributed by atoms with E-state index in [9.17, 15) is 9.59 Å². The summed E-state index contributed by atoms with van der Waals surface area (Å²) in [5.74, 6) is 0.172. The van der Waals surface area contributed by atoms with Crippen molar-refractivity contribution in [1.82, 2.24) is 5.32 Å². The SMILES string of the molecule is CCOC(=O)CNC(=O)c1cc2c(s1)CC[C@H](CC)C2. The second-order valence-electron chi connectivity index (χ2n) is 5.06. The minimum atomic E-state index is -0.395. The lowest BCUT2D eigenvalue weighted by atomic mass is 9.87. The average Bonchev–Trinajstić information content (AvgIpc) is 2.87. The summed E-state index contributed by atoms with van der Waals surface area (Å²) in [6, 6.07) is 1.99. The smallest absolute Gasteiger partial charge is 0.325 e. The first-order valence-electron chi connectivity index (χ1n) is 7.19. The van der Waals surface area contributed by atoms with Gasteiger partial charge in [-0.25, -0.2) is 0 Å². The number of carbonyl (C=O) groups excluding carboxylic acids is 2. The van der Waals surface area contributed by atoms with Crippen molar-refractivity contribution in [3.05, 3.63) is 21.4 Å². The molecule has 1 aliphatic carbocycles. The second kappa shape index (κ2) is 6.88. The first kappa shape index (κ1) is 15.0. The maximum absolute atomic E-state index is 12.0. The average molecular weight is 295 g/mol. The summed E-state index contributed by atoms with van der Waals surface area (Å²) in [6.45, 7) is 4.24. The summed E-state index contributed by atoms with van der Waals surface area (Å²) in [6.07, 6.45) is 4.56. The van der Waals surface area contributed by atoms with Gasteiger partial charge in [0.05, 0.1) is 11.5 Å². The molecule has 0 unspecified atom stereocenters. The van der Waals surface area contributed by atoms with E-state index in [1.807, 2.05) is 6.07 Å². The van der Waals surface area contributed by atoms with Crippen molar-refractivity contribution in [2.45, 2.75) is 39.5 Å². The standard InChI is InChI=1S/C15H21NO3S/c1-3-10-5-6-12-11(7-10)8-13(20-12)15(18)16-9-14(17)19-4-2/h8,10H,3-7,9H2,1-2H3,(H,16,18)/t10-/m0/s1. The van der Waals surface area contributed by atoms with Gasteiger partial charge in [-0.2, -0.15) is 0 Å². The highest BCUT2D eigenvalue weighted by Gasteiger charge is 2.22. The Bertz CT molecular complexity index is 495. The number of fused-ring (bicyclic) bond motifs is 1. The molecular formula is C15H21NO3S. The van der Waals surface area contributed by atoms with E-state index in [0.29, 0.717) is 11.5 Å². The number of thiophene rings is 1. The lowest BCUT2D eigenvalue weighted by Crippen LogP contribution is -2.30. The van der Waals surface area contributed by atoms with Crippen LogP contribution in [0.15, 0.2) is 6.07 Å². The normalized spacial score (nSPS) is 17.4. The molecule has 0 aromatic carbocycles. The fourth-order valence-electron chi connectivity index (χ4n) is 2.51. The first-order valence-corrected chi connectivity index (χ1v) is 8.01. The zero-order chi connectivity index (χ0) is 14.5. The van der Waals surface area contributed by atoms with Gasteiger partial charge in [-0.15, -0.1) is 11.3 Å². The van der Waals surface area contributed by atoms with Crippen LogP contribution in [0.3, 0.4) is 0 Å². The number of aryl methyl sites for hydroxylation is 1. The molecular weight excluding hydrogens is 274 g/mol. The van der Waals surface area contributed by atoms with Crippen LogP contribution < -0.4 is 5.32 Å². The van der Waals surface area contributed by atoms with Gasteiger partial charge in [0.1, 0.15) is 6.54 Å². The minimum Gasteiger partial charge on any atom is -0.465 e. The maximum atomic E-state index is 12.0. The monoisotopic (exact) mass is 295 g/mol. The first-order chi connectivity index (χ1) is 9.63. The van der Waals surface area contributed by atoms with Crippen LogP contribution in [-0.4, -0.2) is 25.0 Å². The number of esters is 1. The molecule has 1 atom stereocenters. The molecule has 0 saturated carbocycles. The maximum Gasteiger partial charge on any atom is 0.325 e. The number of amides is 1. The summed E-state index contributed by atoms with van der Waals surface area (Å²) in [7, 11) is 0. The molecule has 1 aromatic heterocycles. The Hall–Kier alpha value is -1.36. The molecule has 0 saturated heterocycles. The predicted molar refractivity (Wildman–Crippen MR) is 79.1 cm³/mol. The predicted octanol–water partition coefficient (Wildman–Crippen LogP) is 2.56. The molecule has 20 heavy (non-hydrogen) atoms. The molecule has 1 aromatic rings. The van der Waals surface area contributed by atoms with Gasteiger partial charge in [-0.1, -0.05) is 13.3 Å². The number of hydrogen-bond acceptors (Lipinski definition) is 4. The third-order valence-corrected chi connectivity index (χ3v) is 4.92. The molecule has 2 rings (SSSR count). The molecule has 110 valence electrons. The topological polar surface area (TPSA) is 55.4 Å². The van der Waals surface area contributed by atoms with Gasteiger partial charge in [-0.05, 0) is 43.7 Å². The van der Waals surface area contributed by atoms with E-state index in [2.05, 4.69) is 12.2 Å². The molecule has 0 fully saturated rings. The van der Waals surface area contributed by atoms with Gasteiger partial charge in [0.25, 0.3) is 5.91 Å². The highest BCUT2D eigenvalue weighted by molar-refractivity contribution is 7.14. The van der Waals surface area contributed by atoms with Crippen LogP contribution >= 0.6 is 11.3 Å². The highest BCUT2D eigenvalue weighted by atomic mass is 32.1. The Labute approximate surface area is 123 Å². The minimum absolute atomic E-state index is 0.0627. The van der Waals surface area contributed by atoms with E-state index in [4.69, 9.17) is 4.74 Å². The van der Waals surface area contributed by atoms with Crippen molar-refractivity contribution in [2.24, 2.45) is 5.92 Å². The molecule has 1 aliphatic rings. The fraction of sp³-hybridized carbons (Fsp3) is 0.600. The molecule has 1 amide bonds. The van der Waals surface area contributed by atoms with Gasteiger partial charge in [0.2, 0.25) is 0 Å². The molecule has 4 nitrogen and oxygen atoms in total. The summed E-state index contributed by atoms with van der Waals surface area (Å²) in [4.78, 5) is 25.3. The molecule has 0 radical (unpaired) electrons. The van der Waals surface area contributed by atoms with E-state index < -0.39 is 5.97 Å². The van der Waals surface area contributed by atoms with Crippen LogP contribution in [0.25, 0.3) is 0 Å². The molecule has 1 N–H and O–H groups in total. The Balaban J connectivity index is 1.95. The third kappa shape index (κ3) is 3.60. The van der Waals surface area contributed by atoms with Crippen LogP contribution in [0.2, 0.25) is 0 Å². The second-order valence-corrected chi connectivity index (χ2v) is 6.20. The summed E-state index contributed by atoms with van der Waals surface area (Å²) >= 11 is 1.56. The van der Waals surface area contributed by atoms with E-state index in [1.54, 1.807) is 18.3 Å². The Morgan fingerprint density at radius 2 is 2.25 bits per heavy atom. The van der Waals surface area contributed by atoms with E-state index in [0.717, 1.165) is 18.8 Å². The van der Waals surface area contributed by atoms with Crippen LogP contribution in [-0.2, 0) is 22.4 Å². The number of carbonyl (C=O) groups is 2. The van der Waals surface area contributed by atoms with Gasteiger partial charge in [-0.3, -0.25) is 9.59 Å². The van der Waals surface area contributed by atoms with Gasteiger partial charge >= 0.3 is 5.97 Å². The van der Waals surface area contributed by atoms with Crippen molar-refractivity contribution in [3.8, 4) is 0 Å². The van der Waals surface area contributed by atoms with Gasteiger partial charge in [0.15, 0.2) is 0 Å². The number of rotatable bonds is 5. The molecule has 0 aliphatic heterocycles. The fourth-order valence-corrected chi connectivity index (χ4v) is 3.64. The molecule has 1 heterocycles. The lowest BCUT2D eigenvalue weighted by molar-refractivity contribution is -0.141. The highest BCUT2D eigenvalue weighted by Crippen LogP contribution is 2.33. The zero-order valence-electron chi connectivity index (χ0n) is 12.0. The quantitative estimate of drug-likeness (QED) is 0.849. The third-order valence-electron chi connectivity index (χ3n) is 3.68. The summed E-state index contributed by atoms with van der Waals surface area (Å²) in [5.41, 5.74) is 1.31. The van der Waals surface area contributed by atoms with Crippen molar-refractivity contribution in [2.75, 3.05) is 13.2 Å². The molecule has 0 bridgehead atoms. The Morgan fingerprint density at radius 1 is 1.45 bits per heavy atom. The Morgan fingerprint density at radius 3 is 2.95 bits per heavy atom. The van der Waals surface area contributed by atoms with Crippen LogP contribution in [0.5, 0.6) is 0 Å². The van der Waals surface area contributed by atoms with E-state index >= 15 is 0 Å². The van der Waals surface area contributed by atoms with Crippen LogP contribution in [0.4, 0.5) is 0 Å². The van der Waals surface area contributed by atoms with Crippen molar-refractivity contribution in [1.29, 1.82) is 0 Å². The molecule has 5 heteroatoms. The van der Waals surface area contributed by atoms with E-state index in [1.165, 1.54) is 23.3 Å². The van der Waals surface area contributed by atoms with Crippen LogP contribution in [0.1, 0.15) is 46.8 Å². The summed E-state index contributed by atoms with van der Waals surface area (Å²) < 4.78 is 4.79. The number of ether oxygens (including phenoxy) is 1. The lowest BCUT2D eigenvalue weighted by Gasteiger charge is -2.19.